The van der Waals surface area contributed by atoms with Crippen molar-refractivity contribution >= 4 is 29.1 Å². The highest BCUT2D eigenvalue weighted by Crippen LogP contribution is 2.25. The van der Waals surface area contributed by atoms with E-state index >= 15 is 0 Å². The molecule has 9 heteroatoms. The average Bonchev–Trinajstić information content (AvgIpc) is 2.74. The van der Waals surface area contributed by atoms with Crippen LogP contribution in [-0.2, 0) is 9.53 Å². The molecule has 0 aromatic carbocycles. The molecule has 0 spiro atoms. The molecule has 30 heavy (non-hydrogen) atoms. The minimum absolute atomic E-state index is 0.0641. The highest BCUT2D eigenvalue weighted by atomic mass is 35.5. The van der Waals surface area contributed by atoms with Crippen LogP contribution in [0.1, 0.15) is 19.3 Å². The van der Waals surface area contributed by atoms with E-state index in [0.29, 0.717) is 6.73 Å². The number of likely N-dealkylation sites (tertiary alicyclic amines) is 1. The summed E-state index contributed by atoms with van der Waals surface area (Å²) in [6.07, 6.45) is 9.51. The largest absolute Gasteiger partial charge is 0.482 e. The van der Waals surface area contributed by atoms with E-state index in [1.54, 1.807) is 0 Å². The quantitative estimate of drug-likeness (QED) is 0.473. The van der Waals surface area contributed by atoms with Gasteiger partial charge in [0.1, 0.15) is 12.5 Å². The van der Waals surface area contributed by atoms with E-state index < -0.39 is 5.82 Å². The Hall–Kier alpha value is -2.09. The van der Waals surface area contributed by atoms with Crippen LogP contribution >= 0.6 is 23.2 Å². The van der Waals surface area contributed by atoms with Crippen molar-refractivity contribution in [1.82, 2.24) is 15.2 Å². The summed E-state index contributed by atoms with van der Waals surface area (Å²) in [5.74, 6) is 0.0849. The van der Waals surface area contributed by atoms with Gasteiger partial charge in [-0.25, -0.2) is 9.37 Å². The minimum Gasteiger partial charge on any atom is -0.482 e. The van der Waals surface area contributed by atoms with Crippen molar-refractivity contribution in [3.05, 3.63) is 58.8 Å². The summed E-state index contributed by atoms with van der Waals surface area (Å²) in [4.78, 5) is 17.9. The Balaban J connectivity index is 1.32. The zero-order valence-electron chi connectivity index (χ0n) is 16.5. The van der Waals surface area contributed by atoms with Crippen molar-refractivity contribution in [2.45, 2.75) is 25.3 Å². The summed E-state index contributed by atoms with van der Waals surface area (Å²) < 4.78 is 24.4. The molecule has 1 aliphatic carbocycles. The van der Waals surface area contributed by atoms with E-state index in [-0.39, 0.29) is 35.4 Å². The molecule has 1 unspecified atom stereocenters. The predicted molar refractivity (Wildman–Crippen MR) is 114 cm³/mol. The first-order valence-electron chi connectivity index (χ1n) is 9.71. The van der Waals surface area contributed by atoms with E-state index in [1.807, 2.05) is 18.2 Å². The fraction of sp³-hybridized carbons (Fsp3) is 0.429. The lowest BCUT2D eigenvalue weighted by molar-refractivity contribution is -0.124. The second-order valence-corrected chi connectivity index (χ2v) is 8.02. The van der Waals surface area contributed by atoms with Gasteiger partial charge in [0.2, 0.25) is 0 Å². The Morgan fingerprint density at radius 1 is 1.37 bits per heavy atom. The maximum absolute atomic E-state index is 13.3. The number of nitrogens with one attached hydrogen (secondary N) is 1. The summed E-state index contributed by atoms with van der Waals surface area (Å²) in [7, 11) is 0. The Morgan fingerprint density at radius 3 is 2.80 bits per heavy atom. The first-order valence-corrected chi connectivity index (χ1v) is 10.5. The third-order valence-electron chi connectivity index (χ3n) is 4.99. The highest BCUT2D eigenvalue weighted by molar-refractivity contribution is 6.31. The van der Waals surface area contributed by atoms with Gasteiger partial charge < -0.3 is 14.8 Å². The number of aromatic nitrogens is 1. The summed E-state index contributed by atoms with van der Waals surface area (Å²) in [6.45, 7) is 5.89. The number of carbonyl (C=O) groups excluding carboxylic acids is 1. The number of halogens is 3. The number of hydrogen-bond donors (Lipinski definition) is 1. The van der Waals surface area contributed by atoms with Gasteiger partial charge in [-0.1, -0.05) is 41.9 Å². The smallest absolute Gasteiger partial charge is 0.258 e. The number of piperidine rings is 1. The van der Waals surface area contributed by atoms with Crippen LogP contribution in [0, 0.1) is 11.7 Å². The summed E-state index contributed by atoms with van der Waals surface area (Å²) in [5, 5.41) is 3.45. The van der Waals surface area contributed by atoms with Crippen molar-refractivity contribution in [3.8, 4) is 5.75 Å². The highest BCUT2D eigenvalue weighted by Gasteiger charge is 2.22. The molecule has 0 bridgehead atoms. The third kappa shape index (κ3) is 6.72. The molecular formula is C21H24Cl2FN3O3. The van der Waals surface area contributed by atoms with E-state index in [1.165, 1.54) is 6.20 Å². The molecule has 2 aliphatic rings. The first-order chi connectivity index (χ1) is 14.4. The van der Waals surface area contributed by atoms with E-state index in [4.69, 9.17) is 32.7 Å². The van der Waals surface area contributed by atoms with Gasteiger partial charge >= 0.3 is 0 Å². The molecular weight excluding hydrogens is 432 g/mol. The standard InChI is InChI=1S/C21H24Cl2FN3O3/c1-14(15-2-4-16(22)5-3-15)30-13-27-8-6-17(7-9-27)26-20(28)12-29-18-10-19(24)21(23)25-11-18/h2,4-5,10-11,15,17H,1,3,6-9,12-13H2,(H,26,28). The second kappa shape index (κ2) is 10.8. The first kappa shape index (κ1) is 22.6. The van der Waals surface area contributed by atoms with Gasteiger partial charge in [0.25, 0.3) is 5.91 Å². The number of pyridine rings is 1. The number of carbonyl (C=O) groups is 1. The summed E-state index contributed by atoms with van der Waals surface area (Å²) in [5.41, 5.74) is 0. The molecule has 1 atom stereocenters. The molecule has 1 N–H and O–H groups in total. The molecule has 1 aliphatic heterocycles. The molecule has 1 aromatic rings. The molecule has 2 heterocycles. The maximum atomic E-state index is 13.3. The van der Waals surface area contributed by atoms with E-state index in [0.717, 1.165) is 49.2 Å². The Morgan fingerprint density at radius 2 is 2.13 bits per heavy atom. The van der Waals surface area contributed by atoms with Crippen molar-refractivity contribution in [1.29, 1.82) is 0 Å². The summed E-state index contributed by atoms with van der Waals surface area (Å²) >= 11 is 11.5. The lowest BCUT2D eigenvalue weighted by atomic mass is 9.99. The average molecular weight is 456 g/mol. The molecule has 3 rings (SSSR count). The minimum atomic E-state index is -0.688. The lowest BCUT2D eigenvalue weighted by Crippen LogP contribution is -2.46. The molecule has 1 fully saturated rings. The van der Waals surface area contributed by atoms with Gasteiger partial charge in [-0.15, -0.1) is 0 Å². The van der Waals surface area contributed by atoms with Crippen LogP contribution in [0.2, 0.25) is 5.15 Å². The number of ether oxygens (including phenoxy) is 2. The number of allylic oxidation sites excluding steroid dienone is 4. The van der Waals surface area contributed by atoms with Gasteiger partial charge in [-0.3, -0.25) is 9.69 Å². The number of rotatable bonds is 8. The topological polar surface area (TPSA) is 63.7 Å². The molecule has 0 saturated carbocycles. The van der Waals surface area contributed by atoms with Crippen LogP contribution in [0.25, 0.3) is 0 Å². The van der Waals surface area contributed by atoms with Crippen LogP contribution in [0.3, 0.4) is 0 Å². The molecule has 1 saturated heterocycles. The van der Waals surface area contributed by atoms with Gasteiger partial charge in [0.15, 0.2) is 17.6 Å². The zero-order valence-corrected chi connectivity index (χ0v) is 18.0. The lowest BCUT2D eigenvalue weighted by Gasteiger charge is -2.32. The van der Waals surface area contributed by atoms with Crippen LogP contribution < -0.4 is 10.1 Å². The Labute approximate surface area is 185 Å². The van der Waals surface area contributed by atoms with Crippen molar-refractivity contribution < 1.29 is 18.7 Å². The number of hydrogen-bond acceptors (Lipinski definition) is 5. The third-order valence-corrected chi connectivity index (χ3v) is 5.55. The normalized spacial score (nSPS) is 19.8. The van der Waals surface area contributed by atoms with Crippen LogP contribution in [0.15, 0.2) is 47.9 Å². The molecule has 1 aromatic heterocycles. The molecule has 1 amide bonds. The van der Waals surface area contributed by atoms with Crippen molar-refractivity contribution in [3.63, 3.8) is 0 Å². The molecule has 0 radical (unpaired) electrons. The predicted octanol–water partition coefficient (Wildman–Crippen LogP) is 4.02. The second-order valence-electron chi connectivity index (χ2n) is 7.22. The zero-order chi connectivity index (χ0) is 21.5. The van der Waals surface area contributed by atoms with Crippen molar-refractivity contribution in [2.24, 2.45) is 5.92 Å². The maximum Gasteiger partial charge on any atom is 0.258 e. The van der Waals surface area contributed by atoms with E-state index in [9.17, 15) is 9.18 Å². The van der Waals surface area contributed by atoms with Gasteiger partial charge in [-0.2, -0.15) is 0 Å². The van der Waals surface area contributed by atoms with Gasteiger partial charge in [0.05, 0.1) is 12.0 Å². The fourth-order valence-electron chi connectivity index (χ4n) is 3.22. The fourth-order valence-corrected chi connectivity index (χ4v) is 3.49. The number of nitrogens with zero attached hydrogens (tertiary/aromatic N) is 2. The van der Waals surface area contributed by atoms with Crippen molar-refractivity contribution in [2.75, 3.05) is 26.4 Å². The monoisotopic (exact) mass is 455 g/mol. The van der Waals surface area contributed by atoms with Gasteiger partial charge in [0, 0.05) is 36.1 Å². The van der Waals surface area contributed by atoms with Crippen LogP contribution in [0.4, 0.5) is 4.39 Å². The van der Waals surface area contributed by atoms with E-state index in [2.05, 4.69) is 21.8 Å². The van der Waals surface area contributed by atoms with Crippen LogP contribution in [-0.4, -0.2) is 48.3 Å². The molecule has 162 valence electrons. The summed E-state index contributed by atoms with van der Waals surface area (Å²) in [6, 6.07) is 1.16. The number of amides is 1. The SMILES string of the molecule is C=C(OCN1CCC(NC(=O)COc2cnc(Cl)c(F)c2)CC1)C1C=CC(Cl)=CC1. The van der Waals surface area contributed by atoms with Gasteiger partial charge in [-0.05, 0) is 25.3 Å². The Kier molecular flexibility index (Phi) is 8.13. The molecule has 6 nitrogen and oxygen atoms in total. The Bertz CT molecular complexity index is 839. The van der Waals surface area contributed by atoms with Crippen LogP contribution in [0.5, 0.6) is 5.75 Å².